The van der Waals surface area contributed by atoms with Crippen LogP contribution in [0.25, 0.3) is 6.08 Å². The van der Waals surface area contributed by atoms with Crippen LogP contribution in [0, 0.1) is 11.8 Å². The molecule has 0 bridgehead atoms. The van der Waals surface area contributed by atoms with Crippen molar-refractivity contribution in [2.45, 2.75) is 59.4 Å². The highest BCUT2D eigenvalue weighted by Gasteiger charge is 2.41. The largest absolute Gasteiger partial charge is 0.490 e. The molecule has 1 saturated carbocycles. The van der Waals surface area contributed by atoms with Crippen LogP contribution in [0.1, 0.15) is 58.9 Å². The molecule has 1 aliphatic heterocycles. The lowest BCUT2D eigenvalue weighted by molar-refractivity contribution is -0.124. The highest BCUT2D eigenvalue weighted by Crippen LogP contribution is 2.40. The van der Waals surface area contributed by atoms with Gasteiger partial charge in [-0.05, 0) is 79.3 Å². The Balaban J connectivity index is 1.66. The van der Waals surface area contributed by atoms with Gasteiger partial charge in [0.05, 0.1) is 23.8 Å². The minimum Gasteiger partial charge on any atom is -0.490 e. The zero-order valence-electron chi connectivity index (χ0n) is 21.2. The molecule has 2 aromatic rings. The normalized spacial score (nSPS) is 22.9. The number of amidine groups is 1. The molecule has 1 heterocycles. The van der Waals surface area contributed by atoms with E-state index >= 15 is 0 Å². The van der Waals surface area contributed by atoms with Gasteiger partial charge in [0, 0.05) is 6.04 Å². The second-order valence-corrected chi connectivity index (χ2v) is 10.7. The summed E-state index contributed by atoms with van der Waals surface area (Å²) in [6, 6.07) is 15.9. The number of aliphatic imine (C=N–C) groups is 1. The summed E-state index contributed by atoms with van der Waals surface area (Å²) in [4.78, 5) is 21.2. The Morgan fingerprint density at radius 1 is 1.09 bits per heavy atom. The average molecular weight is 493 g/mol. The molecule has 0 radical (unpaired) electrons. The first kappa shape index (κ1) is 25.4. The number of hydrogen-bond acceptors (Lipinski definition) is 5. The fraction of sp³-hybridized carbons (Fsp3) is 0.448. The number of nitrogens with zero attached hydrogens (tertiary/aromatic N) is 2. The number of para-hydroxylation sites is 1. The Labute approximate surface area is 213 Å². The van der Waals surface area contributed by atoms with E-state index in [1.54, 1.807) is 0 Å². The van der Waals surface area contributed by atoms with Gasteiger partial charge in [0.25, 0.3) is 5.91 Å². The lowest BCUT2D eigenvalue weighted by Gasteiger charge is -2.35. The summed E-state index contributed by atoms with van der Waals surface area (Å²) in [5.74, 6) is 2.36. The second kappa shape index (κ2) is 11.8. The minimum absolute atomic E-state index is 0.0431. The Kier molecular flexibility index (Phi) is 8.55. The molecule has 186 valence electrons. The molecule has 6 heteroatoms. The van der Waals surface area contributed by atoms with E-state index < -0.39 is 0 Å². The van der Waals surface area contributed by atoms with E-state index in [1.807, 2.05) is 66.4 Å². The molecule has 0 unspecified atom stereocenters. The van der Waals surface area contributed by atoms with Crippen LogP contribution in [0.15, 0.2) is 58.4 Å². The molecule has 1 amide bonds. The monoisotopic (exact) mass is 492 g/mol. The number of ether oxygens (including phenoxy) is 2. The van der Waals surface area contributed by atoms with Gasteiger partial charge in [0.15, 0.2) is 16.7 Å². The van der Waals surface area contributed by atoms with Gasteiger partial charge in [-0.15, -0.1) is 0 Å². The van der Waals surface area contributed by atoms with Crippen molar-refractivity contribution in [3.63, 3.8) is 0 Å². The van der Waals surface area contributed by atoms with Crippen molar-refractivity contribution in [3.05, 3.63) is 59.0 Å². The molecule has 2 aromatic carbocycles. The molecular formula is C29H36N2O3S. The van der Waals surface area contributed by atoms with E-state index in [0.29, 0.717) is 35.7 Å². The van der Waals surface area contributed by atoms with Crippen molar-refractivity contribution in [3.8, 4) is 11.5 Å². The van der Waals surface area contributed by atoms with Crippen molar-refractivity contribution < 1.29 is 14.3 Å². The van der Waals surface area contributed by atoms with Gasteiger partial charge in [-0.2, -0.15) is 0 Å². The molecule has 0 aromatic heterocycles. The van der Waals surface area contributed by atoms with Crippen molar-refractivity contribution in [2.24, 2.45) is 16.8 Å². The van der Waals surface area contributed by atoms with Gasteiger partial charge in [-0.1, -0.05) is 57.9 Å². The molecular weight excluding hydrogens is 456 g/mol. The Bertz CT molecular complexity index is 1080. The molecule has 2 fully saturated rings. The number of benzene rings is 2. The van der Waals surface area contributed by atoms with E-state index in [2.05, 4.69) is 20.8 Å². The predicted octanol–water partition coefficient (Wildman–Crippen LogP) is 7.30. The zero-order chi connectivity index (χ0) is 24.8. The maximum Gasteiger partial charge on any atom is 0.267 e. The number of rotatable bonds is 8. The molecule has 4 rings (SSSR count). The van der Waals surface area contributed by atoms with E-state index in [0.717, 1.165) is 41.4 Å². The summed E-state index contributed by atoms with van der Waals surface area (Å²) in [7, 11) is 0. The summed E-state index contributed by atoms with van der Waals surface area (Å²) in [6.45, 7) is 9.64. The number of thioether (sulfide) groups is 1. The third-order valence-electron chi connectivity index (χ3n) is 6.35. The maximum absolute atomic E-state index is 13.7. The number of hydrogen-bond donors (Lipinski definition) is 0. The molecule has 35 heavy (non-hydrogen) atoms. The minimum atomic E-state index is 0.0431. The van der Waals surface area contributed by atoms with Gasteiger partial charge < -0.3 is 9.47 Å². The van der Waals surface area contributed by atoms with Crippen molar-refractivity contribution >= 4 is 34.6 Å². The maximum atomic E-state index is 13.7. The van der Waals surface area contributed by atoms with Gasteiger partial charge in [-0.3, -0.25) is 9.69 Å². The first-order chi connectivity index (χ1) is 17.0. The van der Waals surface area contributed by atoms with Crippen LogP contribution in [-0.4, -0.2) is 35.2 Å². The number of amides is 1. The standard InChI is InChI=1S/C29H36N2O3S/c1-5-33-26-17-22(15-16-25(26)34-19-20(2)3)18-27-28(32)31(24-14-10-9-11-21(24)4)29(35-27)30-23-12-7-6-8-13-23/h6-8,12-13,15-18,20-21,24H,5,9-11,14,19H2,1-4H3/b27-18-,30-29?/t21-,24-/m0/s1. The molecule has 2 aliphatic rings. The fourth-order valence-corrected chi connectivity index (χ4v) is 5.61. The van der Waals surface area contributed by atoms with Crippen LogP contribution in [0.5, 0.6) is 11.5 Å². The van der Waals surface area contributed by atoms with Crippen molar-refractivity contribution in [1.82, 2.24) is 4.90 Å². The molecule has 1 aliphatic carbocycles. The summed E-state index contributed by atoms with van der Waals surface area (Å²) in [5.41, 5.74) is 1.78. The third-order valence-corrected chi connectivity index (χ3v) is 7.34. The Morgan fingerprint density at radius 2 is 1.86 bits per heavy atom. The third kappa shape index (κ3) is 6.29. The first-order valence-electron chi connectivity index (χ1n) is 12.7. The smallest absolute Gasteiger partial charge is 0.267 e. The number of carbonyl (C=O) groups is 1. The van der Waals surface area contributed by atoms with Gasteiger partial charge >= 0.3 is 0 Å². The van der Waals surface area contributed by atoms with E-state index in [1.165, 1.54) is 18.2 Å². The number of carbonyl (C=O) groups excluding carboxylic acids is 1. The Hall–Kier alpha value is -2.73. The van der Waals surface area contributed by atoms with E-state index in [4.69, 9.17) is 14.5 Å². The van der Waals surface area contributed by atoms with Crippen molar-refractivity contribution in [1.29, 1.82) is 0 Å². The topological polar surface area (TPSA) is 51.1 Å². The van der Waals surface area contributed by atoms with E-state index in [-0.39, 0.29) is 11.9 Å². The van der Waals surface area contributed by atoms with Crippen LogP contribution in [0.2, 0.25) is 0 Å². The highest BCUT2D eigenvalue weighted by molar-refractivity contribution is 8.18. The summed E-state index contributed by atoms with van der Waals surface area (Å²) < 4.78 is 11.8. The highest BCUT2D eigenvalue weighted by atomic mass is 32.2. The summed E-state index contributed by atoms with van der Waals surface area (Å²) >= 11 is 1.47. The summed E-state index contributed by atoms with van der Waals surface area (Å²) in [6.07, 6.45) is 6.50. The molecule has 0 spiro atoms. The lowest BCUT2D eigenvalue weighted by atomic mass is 9.85. The lowest BCUT2D eigenvalue weighted by Crippen LogP contribution is -2.44. The van der Waals surface area contributed by atoms with Crippen LogP contribution in [0.4, 0.5) is 5.69 Å². The van der Waals surface area contributed by atoms with Crippen LogP contribution in [0.3, 0.4) is 0 Å². The van der Waals surface area contributed by atoms with Gasteiger partial charge in [-0.25, -0.2) is 4.99 Å². The molecule has 0 N–H and O–H groups in total. The SMILES string of the molecule is CCOc1cc(/C=C2\SC(=Nc3ccccc3)N([C@H]3CCCC[C@@H]3C)C2=O)ccc1OCC(C)C. The quantitative estimate of drug-likeness (QED) is 0.363. The predicted molar refractivity (Wildman–Crippen MR) is 145 cm³/mol. The zero-order valence-corrected chi connectivity index (χ0v) is 22.0. The molecule has 1 saturated heterocycles. The summed E-state index contributed by atoms with van der Waals surface area (Å²) in [5, 5.41) is 0.771. The second-order valence-electron chi connectivity index (χ2n) is 9.69. The van der Waals surface area contributed by atoms with E-state index in [9.17, 15) is 4.79 Å². The van der Waals surface area contributed by atoms with Crippen LogP contribution < -0.4 is 9.47 Å². The van der Waals surface area contributed by atoms with Crippen LogP contribution >= 0.6 is 11.8 Å². The van der Waals surface area contributed by atoms with Gasteiger partial charge in [0.2, 0.25) is 0 Å². The van der Waals surface area contributed by atoms with Crippen LogP contribution in [-0.2, 0) is 4.79 Å². The first-order valence-corrected chi connectivity index (χ1v) is 13.5. The average Bonchev–Trinajstić information content (AvgIpc) is 3.14. The van der Waals surface area contributed by atoms with Crippen molar-refractivity contribution in [2.75, 3.05) is 13.2 Å². The Morgan fingerprint density at radius 3 is 2.57 bits per heavy atom. The van der Waals surface area contributed by atoms with Gasteiger partial charge in [0.1, 0.15) is 0 Å². The fourth-order valence-electron chi connectivity index (χ4n) is 4.56. The molecule has 2 atom stereocenters. The molecule has 5 nitrogen and oxygen atoms in total.